The molecule has 0 bridgehead atoms. The van der Waals surface area contributed by atoms with Crippen molar-refractivity contribution in [2.75, 3.05) is 23.9 Å². The zero-order chi connectivity index (χ0) is 18.7. The largest absolute Gasteiger partial charge is 0.366 e. The first-order valence-corrected chi connectivity index (χ1v) is 10.5. The first-order chi connectivity index (χ1) is 12.3. The van der Waals surface area contributed by atoms with Gasteiger partial charge >= 0.3 is 0 Å². The van der Waals surface area contributed by atoms with Crippen LogP contribution in [0.1, 0.15) is 22.3 Å². The third-order valence-electron chi connectivity index (χ3n) is 4.47. The number of nitrogens with zero attached hydrogens (tertiary/aromatic N) is 2. The fraction of sp³-hybridized carbons (Fsp3) is 0.333. The van der Waals surface area contributed by atoms with Gasteiger partial charge in [0, 0.05) is 30.9 Å². The van der Waals surface area contributed by atoms with Crippen LogP contribution >= 0.6 is 11.6 Å². The molecule has 0 saturated carbocycles. The van der Waals surface area contributed by atoms with Gasteiger partial charge in [0.15, 0.2) is 9.84 Å². The third kappa shape index (κ3) is 4.53. The number of anilines is 1. The van der Waals surface area contributed by atoms with Crippen LogP contribution in [0.2, 0.25) is 5.02 Å². The molecule has 1 aliphatic rings. The molecule has 2 heterocycles. The highest BCUT2D eigenvalue weighted by Gasteiger charge is 2.33. The van der Waals surface area contributed by atoms with E-state index in [9.17, 15) is 13.2 Å². The van der Waals surface area contributed by atoms with Gasteiger partial charge < -0.3 is 10.2 Å². The molecule has 1 atom stereocenters. The summed E-state index contributed by atoms with van der Waals surface area (Å²) in [6.07, 6.45) is 1.99. The second-order valence-electron chi connectivity index (χ2n) is 6.39. The maximum absolute atomic E-state index is 12.5. The van der Waals surface area contributed by atoms with Gasteiger partial charge in [0.1, 0.15) is 5.82 Å². The quantitative estimate of drug-likeness (QED) is 0.844. The van der Waals surface area contributed by atoms with Crippen molar-refractivity contribution in [1.29, 1.82) is 0 Å². The molecule has 3 rings (SSSR count). The summed E-state index contributed by atoms with van der Waals surface area (Å²) in [4.78, 5) is 18.3. The van der Waals surface area contributed by atoms with Crippen molar-refractivity contribution in [1.82, 2.24) is 9.88 Å². The zero-order valence-electron chi connectivity index (χ0n) is 14.4. The molecule has 1 amide bonds. The minimum atomic E-state index is -3.03. The lowest BCUT2D eigenvalue weighted by Gasteiger charge is -2.23. The predicted octanol–water partition coefficient (Wildman–Crippen LogP) is 2.61. The summed E-state index contributed by atoms with van der Waals surface area (Å²) in [6.45, 7) is 0.595. The predicted molar refractivity (Wildman–Crippen MR) is 102 cm³/mol. The topological polar surface area (TPSA) is 79.4 Å². The zero-order valence-corrected chi connectivity index (χ0v) is 15.9. The number of sulfone groups is 1. The van der Waals surface area contributed by atoms with Crippen LogP contribution in [0.4, 0.5) is 5.82 Å². The molecule has 1 unspecified atom stereocenters. The van der Waals surface area contributed by atoms with Crippen molar-refractivity contribution in [3.8, 4) is 0 Å². The van der Waals surface area contributed by atoms with Crippen LogP contribution < -0.4 is 5.32 Å². The SMILES string of the molecule is CN(C(=O)c1ccc(NCc2ccc(Cl)cc2)nc1)C1CCS(=O)(=O)C1. The van der Waals surface area contributed by atoms with Gasteiger partial charge in [-0.3, -0.25) is 4.79 Å². The van der Waals surface area contributed by atoms with Crippen LogP contribution in [-0.4, -0.2) is 48.8 Å². The molecule has 1 fully saturated rings. The number of amides is 1. The highest BCUT2D eigenvalue weighted by Crippen LogP contribution is 2.19. The molecule has 0 aliphatic carbocycles. The van der Waals surface area contributed by atoms with Crippen molar-refractivity contribution in [2.45, 2.75) is 19.0 Å². The number of aromatic nitrogens is 1. The van der Waals surface area contributed by atoms with E-state index in [4.69, 9.17) is 11.6 Å². The van der Waals surface area contributed by atoms with Gasteiger partial charge in [-0.2, -0.15) is 0 Å². The van der Waals surface area contributed by atoms with E-state index in [-0.39, 0.29) is 23.5 Å². The molecule has 1 aliphatic heterocycles. The average Bonchev–Trinajstić information content (AvgIpc) is 3.00. The molecule has 1 aromatic heterocycles. The van der Waals surface area contributed by atoms with Gasteiger partial charge in [-0.25, -0.2) is 13.4 Å². The van der Waals surface area contributed by atoms with E-state index in [1.54, 1.807) is 19.2 Å². The number of carbonyl (C=O) groups excluding carboxylic acids is 1. The summed E-state index contributed by atoms with van der Waals surface area (Å²) < 4.78 is 23.2. The molecule has 2 aromatic rings. The summed E-state index contributed by atoms with van der Waals surface area (Å²) in [6, 6.07) is 10.7. The minimum absolute atomic E-state index is 0.0312. The summed E-state index contributed by atoms with van der Waals surface area (Å²) >= 11 is 5.86. The molecule has 8 heteroatoms. The van der Waals surface area contributed by atoms with Gasteiger partial charge in [-0.15, -0.1) is 0 Å². The summed E-state index contributed by atoms with van der Waals surface area (Å²) in [7, 11) is -1.39. The maximum atomic E-state index is 12.5. The lowest BCUT2D eigenvalue weighted by atomic mass is 10.2. The van der Waals surface area contributed by atoms with Crippen LogP contribution in [0.3, 0.4) is 0 Å². The highest BCUT2D eigenvalue weighted by molar-refractivity contribution is 7.91. The molecule has 138 valence electrons. The maximum Gasteiger partial charge on any atom is 0.255 e. The second-order valence-corrected chi connectivity index (χ2v) is 9.05. The van der Waals surface area contributed by atoms with E-state index in [0.29, 0.717) is 29.4 Å². The monoisotopic (exact) mass is 393 g/mol. The Bertz CT molecular complexity index is 883. The van der Waals surface area contributed by atoms with E-state index in [1.807, 2.05) is 24.3 Å². The van der Waals surface area contributed by atoms with Crippen LogP contribution in [0.25, 0.3) is 0 Å². The highest BCUT2D eigenvalue weighted by atomic mass is 35.5. The molecule has 1 saturated heterocycles. The Balaban J connectivity index is 1.59. The van der Waals surface area contributed by atoms with Crippen molar-refractivity contribution in [2.24, 2.45) is 0 Å². The summed E-state index contributed by atoms with van der Waals surface area (Å²) in [5.74, 6) is 0.608. The minimum Gasteiger partial charge on any atom is -0.366 e. The Kier molecular flexibility index (Phi) is 5.48. The van der Waals surface area contributed by atoms with Gasteiger partial charge in [-0.05, 0) is 36.2 Å². The first kappa shape index (κ1) is 18.7. The van der Waals surface area contributed by atoms with Crippen molar-refractivity contribution >= 4 is 33.2 Å². The summed E-state index contributed by atoms with van der Waals surface area (Å²) in [5, 5.41) is 3.87. The second kappa shape index (κ2) is 7.63. The van der Waals surface area contributed by atoms with Crippen molar-refractivity contribution in [3.05, 3.63) is 58.7 Å². The Hall–Kier alpha value is -2.12. The molecule has 1 N–H and O–H groups in total. The van der Waals surface area contributed by atoms with E-state index < -0.39 is 9.84 Å². The van der Waals surface area contributed by atoms with Crippen LogP contribution in [0.5, 0.6) is 0 Å². The lowest BCUT2D eigenvalue weighted by Crippen LogP contribution is -2.37. The van der Waals surface area contributed by atoms with E-state index in [1.165, 1.54) is 11.1 Å². The molecule has 6 nitrogen and oxygen atoms in total. The Labute approximate surface area is 158 Å². The van der Waals surface area contributed by atoms with Crippen LogP contribution in [0.15, 0.2) is 42.6 Å². The Morgan fingerprint density at radius 3 is 2.58 bits per heavy atom. The number of halogens is 1. The number of pyridine rings is 1. The van der Waals surface area contributed by atoms with Crippen LogP contribution in [0, 0.1) is 0 Å². The van der Waals surface area contributed by atoms with Gasteiger partial charge in [0.2, 0.25) is 0 Å². The van der Waals surface area contributed by atoms with E-state index in [2.05, 4.69) is 10.3 Å². The Morgan fingerprint density at radius 2 is 2.00 bits per heavy atom. The number of carbonyl (C=O) groups is 1. The molecule has 0 spiro atoms. The number of hydrogen-bond donors (Lipinski definition) is 1. The normalized spacial score (nSPS) is 18.5. The molecular formula is C18H20ClN3O3S. The average molecular weight is 394 g/mol. The molecule has 0 radical (unpaired) electrons. The molecule has 1 aromatic carbocycles. The van der Waals surface area contributed by atoms with Crippen molar-refractivity contribution in [3.63, 3.8) is 0 Å². The van der Waals surface area contributed by atoms with Gasteiger partial charge in [0.05, 0.1) is 17.1 Å². The smallest absolute Gasteiger partial charge is 0.255 e. The molecular weight excluding hydrogens is 374 g/mol. The van der Waals surface area contributed by atoms with Crippen molar-refractivity contribution < 1.29 is 13.2 Å². The van der Waals surface area contributed by atoms with Crippen LogP contribution in [-0.2, 0) is 16.4 Å². The summed E-state index contributed by atoms with van der Waals surface area (Å²) in [5.41, 5.74) is 1.51. The third-order valence-corrected chi connectivity index (χ3v) is 6.48. The fourth-order valence-electron chi connectivity index (χ4n) is 2.87. The lowest BCUT2D eigenvalue weighted by molar-refractivity contribution is 0.0747. The van der Waals surface area contributed by atoms with E-state index >= 15 is 0 Å². The van der Waals surface area contributed by atoms with Gasteiger partial charge in [-0.1, -0.05) is 23.7 Å². The van der Waals surface area contributed by atoms with E-state index in [0.717, 1.165) is 5.56 Å². The Morgan fingerprint density at radius 1 is 1.27 bits per heavy atom. The standard InChI is InChI=1S/C18H20ClN3O3S/c1-22(16-8-9-26(24,25)12-16)18(23)14-4-7-17(21-11-14)20-10-13-2-5-15(19)6-3-13/h2-7,11,16H,8-10,12H2,1H3,(H,20,21). The molecule has 26 heavy (non-hydrogen) atoms. The number of hydrogen-bond acceptors (Lipinski definition) is 5. The van der Waals surface area contributed by atoms with Gasteiger partial charge in [0.25, 0.3) is 5.91 Å². The number of nitrogens with one attached hydrogen (secondary N) is 1. The first-order valence-electron chi connectivity index (χ1n) is 8.26. The number of rotatable bonds is 5. The number of benzene rings is 1. The fourth-order valence-corrected chi connectivity index (χ4v) is 4.77.